The number of sulfone groups is 1. The van der Waals surface area contributed by atoms with E-state index in [0.29, 0.717) is 36.0 Å². The minimum atomic E-state index is -4.00. The quantitative estimate of drug-likeness (QED) is 0.553. The summed E-state index contributed by atoms with van der Waals surface area (Å²) in [5.74, 6) is 1.80. The molecule has 0 radical (unpaired) electrons. The second-order valence-electron chi connectivity index (χ2n) is 8.14. The van der Waals surface area contributed by atoms with Crippen LogP contribution in [0.5, 0.6) is 17.2 Å². The van der Waals surface area contributed by atoms with Crippen LogP contribution in [0, 0.1) is 0 Å². The highest BCUT2D eigenvalue weighted by molar-refractivity contribution is 7.91. The Bertz CT molecular complexity index is 1250. The molecule has 1 aliphatic heterocycles. The number of hydrogen-bond acceptors (Lipinski definition) is 8. The first-order valence-electron chi connectivity index (χ1n) is 11.1. The molecule has 0 spiro atoms. The molecule has 1 fully saturated rings. The van der Waals surface area contributed by atoms with E-state index >= 15 is 0 Å². The Labute approximate surface area is 192 Å². The molecule has 2 aliphatic rings. The number of oxazole rings is 1. The number of anilines is 1. The zero-order chi connectivity index (χ0) is 22.8. The van der Waals surface area contributed by atoms with Crippen LogP contribution < -0.4 is 19.5 Å². The molecule has 0 saturated heterocycles. The maximum atomic E-state index is 13.7. The van der Waals surface area contributed by atoms with Gasteiger partial charge in [0.2, 0.25) is 26.6 Å². The number of methoxy groups -OCH3 is 1. The van der Waals surface area contributed by atoms with Gasteiger partial charge < -0.3 is 23.9 Å². The molecular weight excluding hydrogens is 444 g/mol. The van der Waals surface area contributed by atoms with Gasteiger partial charge in [0.25, 0.3) is 0 Å². The van der Waals surface area contributed by atoms with Gasteiger partial charge in [0.15, 0.2) is 11.5 Å². The van der Waals surface area contributed by atoms with Gasteiger partial charge in [-0.1, -0.05) is 31.4 Å². The molecule has 174 valence electrons. The summed E-state index contributed by atoms with van der Waals surface area (Å²) in [7, 11) is -2.45. The van der Waals surface area contributed by atoms with Gasteiger partial charge >= 0.3 is 0 Å². The Morgan fingerprint density at radius 1 is 1.00 bits per heavy atom. The molecule has 5 rings (SSSR count). The molecule has 0 unspecified atom stereocenters. The number of nitrogens with one attached hydrogen (secondary N) is 1. The fourth-order valence-corrected chi connectivity index (χ4v) is 5.53. The van der Waals surface area contributed by atoms with E-state index in [4.69, 9.17) is 18.6 Å². The standard InChI is InChI=1S/C24H26N2O6S/c1-29-19-10-6-5-9-18(19)22-26-24(23(32-22)25-16-7-3-2-4-8-16)33(27,28)17-11-12-20-21(15-17)31-14-13-30-20/h5-6,9-12,15-16,25H,2-4,7-8,13-14H2,1H3. The lowest BCUT2D eigenvalue weighted by molar-refractivity contribution is 0.171. The normalized spacial score (nSPS) is 16.4. The van der Waals surface area contributed by atoms with Crippen molar-refractivity contribution >= 4 is 15.7 Å². The summed E-state index contributed by atoms with van der Waals surface area (Å²) in [6.07, 6.45) is 5.27. The van der Waals surface area contributed by atoms with E-state index < -0.39 is 9.84 Å². The maximum absolute atomic E-state index is 13.7. The van der Waals surface area contributed by atoms with E-state index in [9.17, 15) is 8.42 Å². The van der Waals surface area contributed by atoms with Crippen LogP contribution in [0.2, 0.25) is 0 Å². The van der Waals surface area contributed by atoms with Crippen LogP contribution in [0.15, 0.2) is 56.8 Å². The van der Waals surface area contributed by atoms with E-state index in [0.717, 1.165) is 25.7 Å². The van der Waals surface area contributed by atoms with Gasteiger partial charge in [0.1, 0.15) is 19.0 Å². The second kappa shape index (κ2) is 8.97. The molecule has 8 nitrogen and oxygen atoms in total. The highest BCUT2D eigenvalue weighted by atomic mass is 32.2. The van der Waals surface area contributed by atoms with Gasteiger partial charge in [0, 0.05) is 12.1 Å². The predicted molar refractivity (Wildman–Crippen MR) is 122 cm³/mol. The number of para-hydroxylation sites is 1. The topological polar surface area (TPSA) is 99.9 Å². The van der Waals surface area contributed by atoms with E-state index in [1.165, 1.54) is 18.6 Å². The minimum Gasteiger partial charge on any atom is -0.496 e. The summed E-state index contributed by atoms with van der Waals surface area (Å²) in [4.78, 5) is 4.51. The molecule has 2 heterocycles. The van der Waals surface area contributed by atoms with Crippen LogP contribution >= 0.6 is 0 Å². The van der Waals surface area contributed by atoms with Gasteiger partial charge in [0.05, 0.1) is 17.6 Å². The highest BCUT2D eigenvalue weighted by Crippen LogP contribution is 2.39. The van der Waals surface area contributed by atoms with Crippen molar-refractivity contribution in [3.63, 3.8) is 0 Å². The summed E-state index contributed by atoms with van der Waals surface area (Å²) in [6.45, 7) is 0.799. The van der Waals surface area contributed by atoms with Crippen molar-refractivity contribution < 1.29 is 27.0 Å². The van der Waals surface area contributed by atoms with E-state index in [2.05, 4.69) is 10.3 Å². The van der Waals surface area contributed by atoms with Crippen molar-refractivity contribution in [2.24, 2.45) is 0 Å². The molecule has 0 bridgehead atoms. The lowest BCUT2D eigenvalue weighted by Gasteiger charge is -2.22. The van der Waals surface area contributed by atoms with Crippen LogP contribution in [0.4, 0.5) is 5.88 Å². The van der Waals surface area contributed by atoms with Gasteiger partial charge in [-0.2, -0.15) is 4.98 Å². The third kappa shape index (κ3) is 4.25. The zero-order valence-corrected chi connectivity index (χ0v) is 19.2. The SMILES string of the molecule is COc1ccccc1-c1nc(S(=O)(=O)c2ccc3c(c2)OCCO3)c(NC2CCCCC2)o1. The molecule has 2 aromatic carbocycles. The lowest BCUT2D eigenvalue weighted by Crippen LogP contribution is -2.23. The molecule has 33 heavy (non-hydrogen) atoms. The van der Waals surface area contributed by atoms with E-state index in [1.807, 2.05) is 12.1 Å². The Morgan fingerprint density at radius 3 is 2.55 bits per heavy atom. The average Bonchev–Trinajstić information content (AvgIpc) is 3.28. The van der Waals surface area contributed by atoms with Gasteiger partial charge in [-0.25, -0.2) is 8.42 Å². The second-order valence-corrected chi connectivity index (χ2v) is 10.0. The Kier molecular flexibility index (Phi) is 5.88. The van der Waals surface area contributed by atoms with E-state index in [-0.39, 0.29) is 27.7 Å². The number of benzene rings is 2. The molecule has 1 aromatic heterocycles. The summed E-state index contributed by atoms with van der Waals surface area (Å²) < 4.78 is 50.0. The molecule has 0 amide bonds. The highest BCUT2D eigenvalue weighted by Gasteiger charge is 2.32. The van der Waals surface area contributed by atoms with Crippen LogP contribution in [0.25, 0.3) is 11.5 Å². The maximum Gasteiger partial charge on any atom is 0.234 e. The molecular formula is C24H26N2O6S. The molecule has 1 N–H and O–H groups in total. The number of aromatic nitrogens is 1. The fourth-order valence-electron chi connectivity index (χ4n) is 4.25. The number of fused-ring (bicyclic) bond motifs is 1. The number of hydrogen-bond donors (Lipinski definition) is 1. The average molecular weight is 471 g/mol. The first kappa shape index (κ1) is 21.6. The fraction of sp³-hybridized carbons (Fsp3) is 0.375. The van der Waals surface area contributed by atoms with Crippen molar-refractivity contribution in [1.82, 2.24) is 4.98 Å². The smallest absolute Gasteiger partial charge is 0.234 e. The number of rotatable bonds is 6. The summed E-state index contributed by atoms with van der Waals surface area (Å²) in [5.41, 5.74) is 0.579. The van der Waals surface area contributed by atoms with Gasteiger partial charge in [-0.3, -0.25) is 0 Å². The van der Waals surface area contributed by atoms with Crippen molar-refractivity contribution in [1.29, 1.82) is 0 Å². The van der Waals surface area contributed by atoms with Gasteiger partial charge in [-0.05, 0) is 37.1 Å². The minimum absolute atomic E-state index is 0.0679. The van der Waals surface area contributed by atoms with Crippen LogP contribution in [-0.4, -0.2) is 39.8 Å². The zero-order valence-electron chi connectivity index (χ0n) is 18.4. The third-order valence-corrected chi connectivity index (χ3v) is 7.61. The number of ether oxygens (including phenoxy) is 3. The van der Waals surface area contributed by atoms with E-state index in [1.54, 1.807) is 25.3 Å². The Balaban J connectivity index is 1.59. The Morgan fingerprint density at radius 2 is 1.76 bits per heavy atom. The van der Waals surface area contributed by atoms with Crippen molar-refractivity contribution in [3.8, 4) is 28.7 Å². The largest absolute Gasteiger partial charge is 0.496 e. The first-order valence-corrected chi connectivity index (χ1v) is 12.6. The molecule has 3 aromatic rings. The molecule has 0 atom stereocenters. The summed E-state index contributed by atoms with van der Waals surface area (Å²) in [6, 6.07) is 11.9. The van der Waals surface area contributed by atoms with Gasteiger partial charge in [-0.15, -0.1) is 0 Å². The number of nitrogens with zero attached hydrogens (tertiary/aromatic N) is 1. The van der Waals surface area contributed by atoms with Crippen molar-refractivity contribution in [3.05, 3.63) is 42.5 Å². The van der Waals surface area contributed by atoms with Crippen LogP contribution in [-0.2, 0) is 9.84 Å². The third-order valence-electron chi connectivity index (χ3n) is 5.95. The summed E-state index contributed by atoms with van der Waals surface area (Å²) >= 11 is 0. The monoisotopic (exact) mass is 470 g/mol. The van der Waals surface area contributed by atoms with Crippen molar-refractivity contribution in [2.75, 3.05) is 25.6 Å². The first-order chi connectivity index (χ1) is 16.1. The molecule has 9 heteroatoms. The lowest BCUT2D eigenvalue weighted by atomic mass is 9.96. The summed E-state index contributed by atoms with van der Waals surface area (Å²) in [5, 5.41) is 3.16. The molecule has 1 aliphatic carbocycles. The molecule has 1 saturated carbocycles. The van der Waals surface area contributed by atoms with Crippen LogP contribution in [0.3, 0.4) is 0 Å². The van der Waals surface area contributed by atoms with Crippen molar-refractivity contribution in [2.45, 2.75) is 48.1 Å². The Hall–Kier alpha value is -3.20. The predicted octanol–water partition coefficient (Wildman–Crippen LogP) is 4.70. The van der Waals surface area contributed by atoms with Crippen LogP contribution in [0.1, 0.15) is 32.1 Å².